The van der Waals surface area contributed by atoms with Crippen LogP contribution in [0.1, 0.15) is 44.9 Å². The van der Waals surface area contributed by atoms with Crippen LogP contribution >= 0.6 is 0 Å². The minimum absolute atomic E-state index is 0.138. The molecule has 0 radical (unpaired) electrons. The van der Waals surface area contributed by atoms with Gasteiger partial charge in [-0.2, -0.15) is 13.2 Å². The Balaban J connectivity index is 2.37. The van der Waals surface area contributed by atoms with Gasteiger partial charge in [-0.05, 0) is 50.9 Å². The molecule has 5 heteroatoms. The number of nitrogens with one attached hydrogen (secondary N) is 1. The molecule has 1 atom stereocenters. The quantitative estimate of drug-likeness (QED) is 0.333. The average Bonchev–Trinajstić information content (AvgIpc) is 2.34. The molecule has 0 aromatic carbocycles. The zero-order valence-electron chi connectivity index (χ0n) is 10.7. The standard InChI is InChI=1S/C13H23F3N2/c1-2-3-4-5-12(18-17)10-6-8-11(9-7-10)13(14,15)16/h2,10-12,18H,1,3-9,17H2. The molecule has 0 amide bonds. The molecule has 1 aliphatic rings. The van der Waals surface area contributed by atoms with Crippen LogP contribution in [0.25, 0.3) is 0 Å². The molecule has 0 bridgehead atoms. The third kappa shape index (κ3) is 4.61. The van der Waals surface area contributed by atoms with Crippen molar-refractivity contribution in [3.8, 4) is 0 Å². The number of nitrogens with two attached hydrogens (primary N) is 1. The van der Waals surface area contributed by atoms with Crippen molar-refractivity contribution < 1.29 is 13.2 Å². The summed E-state index contributed by atoms with van der Waals surface area (Å²) < 4.78 is 37.6. The Morgan fingerprint density at radius 2 is 1.89 bits per heavy atom. The lowest BCUT2D eigenvalue weighted by Gasteiger charge is -2.34. The summed E-state index contributed by atoms with van der Waals surface area (Å²) in [4.78, 5) is 0. The van der Waals surface area contributed by atoms with Gasteiger partial charge < -0.3 is 0 Å². The molecule has 1 rings (SSSR count). The molecular weight excluding hydrogens is 241 g/mol. The van der Waals surface area contributed by atoms with Gasteiger partial charge >= 0.3 is 6.18 Å². The second kappa shape index (κ2) is 7.14. The molecule has 2 nitrogen and oxygen atoms in total. The molecule has 18 heavy (non-hydrogen) atoms. The number of allylic oxidation sites excluding steroid dienone is 1. The highest BCUT2D eigenvalue weighted by atomic mass is 19.4. The summed E-state index contributed by atoms with van der Waals surface area (Å²) in [6, 6.07) is 0.138. The zero-order valence-corrected chi connectivity index (χ0v) is 10.7. The van der Waals surface area contributed by atoms with Gasteiger partial charge in [0.25, 0.3) is 0 Å². The first-order valence-electron chi connectivity index (χ1n) is 6.62. The van der Waals surface area contributed by atoms with Crippen LogP contribution in [0.5, 0.6) is 0 Å². The molecule has 0 saturated heterocycles. The van der Waals surface area contributed by atoms with Crippen LogP contribution in [0.15, 0.2) is 12.7 Å². The average molecular weight is 264 g/mol. The molecule has 1 aliphatic carbocycles. The number of halogens is 3. The van der Waals surface area contributed by atoms with Gasteiger partial charge in [0.1, 0.15) is 0 Å². The van der Waals surface area contributed by atoms with E-state index < -0.39 is 12.1 Å². The summed E-state index contributed by atoms with van der Waals surface area (Å²) in [7, 11) is 0. The molecule has 1 fully saturated rings. The normalized spacial score (nSPS) is 26.9. The van der Waals surface area contributed by atoms with E-state index in [2.05, 4.69) is 12.0 Å². The number of hydrazine groups is 1. The zero-order chi connectivity index (χ0) is 13.6. The molecule has 3 N–H and O–H groups in total. The third-order valence-corrected chi connectivity index (χ3v) is 3.94. The van der Waals surface area contributed by atoms with Crippen LogP contribution in [-0.4, -0.2) is 12.2 Å². The van der Waals surface area contributed by atoms with E-state index in [1.807, 2.05) is 6.08 Å². The Kier molecular flexibility index (Phi) is 6.15. The summed E-state index contributed by atoms with van der Waals surface area (Å²) in [6.45, 7) is 3.66. The number of unbranched alkanes of at least 4 members (excludes halogenated alkanes) is 1. The highest BCUT2D eigenvalue weighted by Crippen LogP contribution is 2.40. The lowest BCUT2D eigenvalue weighted by molar-refractivity contribution is -0.184. The lowest BCUT2D eigenvalue weighted by atomic mass is 9.77. The van der Waals surface area contributed by atoms with Crippen molar-refractivity contribution in [3.63, 3.8) is 0 Å². The Morgan fingerprint density at radius 1 is 1.28 bits per heavy atom. The van der Waals surface area contributed by atoms with Gasteiger partial charge in [-0.25, -0.2) is 0 Å². The lowest BCUT2D eigenvalue weighted by Crippen LogP contribution is -2.43. The molecule has 0 heterocycles. The first kappa shape index (κ1) is 15.5. The van der Waals surface area contributed by atoms with Crippen molar-refractivity contribution in [3.05, 3.63) is 12.7 Å². The predicted octanol–water partition coefficient (Wildman–Crippen LogP) is 3.54. The van der Waals surface area contributed by atoms with Gasteiger partial charge in [0.2, 0.25) is 0 Å². The van der Waals surface area contributed by atoms with E-state index in [9.17, 15) is 13.2 Å². The van der Waals surface area contributed by atoms with E-state index in [1.165, 1.54) is 0 Å². The summed E-state index contributed by atoms with van der Waals surface area (Å²) in [5.41, 5.74) is 2.77. The van der Waals surface area contributed by atoms with Gasteiger partial charge in [-0.1, -0.05) is 6.08 Å². The van der Waals surface area contributed by atoms with Crippen LogP contribution < -0.4 is 11.3 Å². The third-order valence-electron chi connectivity index (χ3n) is 3.94. The van der Waals surface area contributed by atoms with E-state index in [1.54, 1.807) is 0 Å². The molecule has 1 unspecified atom stereocenters. The van der Waals surface area contributed by atoms with Gasteiger partial charge in [-0.15, -0.1) is 6.58 Å². The molecule has 106 valence electrons. The van der Waals surface area contributed by atoms with Gasteiger partial charge in [-0.3, -0.25) is 11.3 Å². The first-order valence-corrected chi connectivity index (χ1v) is 6.62. The highest BCUT2D eigenvalue weighted by Gasteiger charge is 2.42. The Labute approximate surface area is 107 Å². The number of rotatable bonds is 6. The number of alkyl halides is 3. The Hall–Kier alpha value is -0.550. The Bertz CT molecular complexity index is 245. The van der Waals surface area contributed by atoms with Crippen molar-refractivity contribution in [2.45, 2.75) is 57.2 Å². The Morgan fingerprint density at radius 3 is 2.33 bits per heavy atom. The summed E-state index contributed by atoms with van der Waals surface area (Å²) in [6.07, 6.45) is 2.37. The van der Waals surface area contributed by atoms with Crippen LogP contribution in [0, 0.1) is 11.8 Å². The molecular formula is C13H23F3N2. The predicted molar refractivity (Wildman–Crippen MR) is 66.7 cm³/mol. The van der Waals surface area contributed by atoms with E-state index >= 15 is 0 Å². The van der Waals surface area contributed by atoms with E-state index in [-0.39, 0.29) is 24.8 Å². The fourth-order valence-corrected chi connectivity index (χ4v) is 2.79. The summed E-state index contributed by atoms with van der Waals surface area (Å²) >= 11 is 0. The van der Waals surface area contributed by atoms with Gasteiger partial charge in [0, 0.05) is 6.04 Å². The highest BCUT2D eigenvalue weighted by molar-refractivity contribution is 4.83. The van der Waals surface area contributed by atoms with Crippen LogP contribution in [-0.2, 0) is 0 Å². The number of hydrogen-bond donors (Lipinski definition) is 2. The topological polar surface area (TPSA) is 38.0 Å². The van der Waals surface area contributed by atoms with Crippen molar-refractivity contribution >= 4 is 0 Å². The SMILES string of the molecule is C=CCCCC(NN)C1CCC(C(F)(F)F)CC1. The monoisotopic (exact) mass is 264 g/mol. The van der Waals surface area contributed by atoms with Crippen molar-refractivity contribution in [2.24, 2.45) is 17.7 Å². The van der Waals surface area contributed by atoms with Crippen LogP contribution in [0.4, 0.5) is 13.2 Å². The maximum Gasteiger partial charge on any atom is 0.391 e. The van der Waals surface area contributed by atoms with Gasteiger partial charge in [0.15, 0.2) is 0 Å². The maximum absolute atomic E-state index is 12.5. The summed E-state index contributed by atoms with van der Waals surface area (Å²) in [5, 5.41) is 0. The summed E-state index contributed by atoms with van der Waals surface area (Å²) in [5.74, 6) is 4.67. The minimum atomic E-state index is -4.03. The van der Waals surface area contributed by atoms with E-state index in [0.717, 1.165) is 19.3 Å². The molecule has 0 aromatic rings. The van der Waals surface area contributed by atoms with Crippen molar-refractivity contribution in [1.29, 1.82) is 0 Å². The smallest absolute Gasteiger partial charge is 0.271 e. The second-order valence-corrected chi connectivity index (χ2v) is 5.15. The largest absolute Gasteiger partial charge is 0.391 e. The van der Waals surface area contributed by atoms with Gasteiger partial charge in [0.05, 0.1) is 5.92 Å². The van der Waals surface area contributed by atoms with Crippen molar-refractivity contribution in [1.82, 2.24) is 5.43 Å². The molecule has 0 aliphatic heterocycles. The fourth-order valence-electron chi connectivity index (χ4n) is 2.79. The number of hydrogen-bond acceptors (Lipinski definition) is 2. The van der Waals surface area contributed by atoms with E-state index in [4.69, 9.17) is 5.84 Å². The second-order valence-electron chi connectivity index (χ2n) is 5.15. The van der Waals surface area contributed by atoms with E-state index in [0.29, 0.717) is 12.8 Å². The minimum Gasteiger partial charge on any atom is -0.271 e. The van der Waals surface area contributed by atoms with Crippen LogP contribution in [0.3, 0.4) is 0 Å². The van der Waals surface area contributed by atoms with Crippen molar-refractivity contribution in [2.75, 3.05) is 0 Å². The fraction of sp³-hybridized carbons (Fsp3) is 0.846. The molecule has 1 saturated carbocycles. The van der Waals surface area contributed by atoms with Crippen LogP contribution in [0.2, 0.25) is 0 Å². The first-order chi connectivity index (χ1) is 8.49. The maximum atomic E-state index is 12.5. The molecule has 0 aromatic heterocycles. The molecule has 0 spiro atoms.